The fourth-order valence-electron chi connectivity index (χ4n) is 0.822. The third-order valence-electron chi connectivity index (χ3n) is 1.35. The molecule has 0 aliphatic heterocycles. The van der Waals surface area contributed by atoms with Gasteiger partial charge in [0.25, 0.3) is 0 Å². The predicted molar refractivity (Wildman–Crippen MR) is 57.2 cm³/mol. The topological polar surface area (TPSA) is 37.8 Å². The van der Waals surface area contributed by atoms with Crippen LogP contribution in [0.1, 0.15) is 20.8 Å². The van der Waals surface area contributed by atoms with Gasteiger partial charge in [0, 0.05) is 22.8 Å². The van der Waals surface area contributed by atoms with Crippen LogP contribution in [0.4, 0.5) is 5.95 Å². The Bertz CT molecular complexity index is 263. The van der Waals surface area contributed by atoms with E-state index in [0.717, 1.165) is 4.90 Å². The van der Waals surface area contributed by atoms with Crippen molar-refractivity contribution in [1.29, 1.82) is 0 Å². The molecule has 0 saturated heterocycles. The Morgan fingerprint density at radius 1 is 1.23 bits per heavy atom. The quantitative estimate of drug-likeness (QED) is 0.739. The van der Waals surface area contributed by atoms with E-state index in [0.29, 0.717) is 5.95 Å². The number of hydrogen-bond donors (Lipinski definition) is 1. The van der Waals surface area contributed by atoms with Crippen LogP contribution in [0.5, 0.6) is 0 Å². The van der Waals surface area contributed by atoms with Crippen LogP contribution in [0, 0.1) is 0 Å². The fourth-order valence-corrected chi connectivity index (χ4v) is 1.14. The first-order chi connectivity index (χ1) is 6.01. The standard InChI is InChI=1S/C9H15N3S/c1-9(2,3)12-8-10-5-7(13-4)6-11-8/h5-6H,1-4H3,(H,10,11,12). The first-order valence-corrected chi connectivity index (χ1v) is 5.38. The molecule has 0 bridgehead atoms. The van der Waals surface area contributed by atoms with E-state index < -0.39 is 0 Å². The van der Waals surface area contributed by atoms with Crippen molar-refractivity contribution in [3.63, 3.8) is 0 Å². The van der Waals surface area contributed by atoms with E-state index in [2.05, 4.69) is 36.1 Å². The summed E-state index contributed by atoms with van der Waals surface area (Å²) >= 11 is 1.64. The molecule has 72 valence electrons. The average molecular weight is 197 g/mol. The lowest BCUT2D eigenvalue weighted by Gasteiger charge is -2.20. The van der Waals surface area contributed by atoms with E-state index in [9.17, 15) is 0 Å². The summed E-state index contributed by atoms with van der Waals surface area (Å²) in [5.74, 6) is 0.685. The largest absolute Gasteiger partial charge is 0.350 e. The molecule has 4 heteroatoms. The van der Waals surface area contributed by atoms with Crippen LogP contribution < -0.4 is 5.32 Å². The minimum Gasteiger partial charge on any atom is -0.350 e. The molecule has 1 heterocycles. The second-order valence-corrected chi connectivity index (χ2v) is 4.70. The van der Waals surface area contributed by atoms with Gasteiger partial charge < -0.3 is 5.32 Å². The second kappa shape index (κ2) is 3.96. The van der Waals surface area contributed by atoms with Crippen LogP contribution in [0.25, 0.3) is 0 Å². The summed E-state index contributed by atoms with van der Waals surface area (Å²) in [4.78, 5) is 9.47. The van der Waals surface area contributed by atoms with E-state index in [4.69, 9.17) is 0 Å². The second-order valence-electron chi connectivity index (χ2n) is 3.82. The molecule has 0 amide bonds. The monoisotopic (exact) mass is 197 g/mol. The zero-order chi connectivity index (χ0) is 9.90. The Morgan fingerprint density at radius 3 is 2.15 bits per heavy atom. The molecule has 0 unspecified atom stereocenters. The summed E-state index contributed by atoms with van der Waals surface area (Å²) in [7, 11) is 0. The van der Waals surface area contributed by atoms with Crippen molar-refractivity contribution in [2.24, 2.45) is 0 Å². The Labute approximate surface area is 83.4 Å². The number of thioether (sulfide) groups is 1. The van der Waals surface area contributed by atoms with Gasteiger partial charge in [-0.25, -0.2) is 9.97 Å². The summed E-state index contributed by atoms with van der Waals surface area (Å²) in [6, 6.07) is 0. The van der Waals surface area contributed by atoms with E-state index in [-0.39, 0.29) is 5.54 Å². The van der Waals surface area contributed by atoms with E-state index in [1.54, 1.807) is 11.8 Å². The SMILES string of the molecule is CSc1cnc(NC(C)(C)C)nc1. The highest BCUT2D eigenvalue weighted by Crippen LogP contribution is 2.14. The summed E-state index contributed by atoms with van der Waals surface area (Å²) in [6.07, 6.45) is 5.66. The van der Waals surface area contributed by atoms with Gasteiger partial charge >= 0.3 is 0 Å². The Balaban J connectivity index is 2.70. The maximum Gasteiger partial charge on any atom is 0.223 e. The molecule has 0 aliphatic rings. The fraction of sp³-hybridized carbons (Fsp3) is 0.556. The zero-order valence-electron chi connectivity index (χ0n) is 8.46. The summed E-state index contributed by atoms with van der Waals surface area (Å²) in [5.41, 5.74) is 0.0148. The molecule has 0 saturated carbocycles. The maximum absolute atomic E-state index is 4.19. The zero-order valence-corrected chi connectivity index (χ0v) is 9.27. The van der Waals surface area contributed by atoms with Gasteiger partial charge in [0.05, 0.1) is 0 Å². The number of hydrogen-bond acceptors (Lipinski definition) is 4. The molecule has 0 spiro atoms. The van der Waals surface area contributed by atoms with Crippen LogP contribution >= 0.6 is 11.8 Å². The lowest BCUT2D eigenvalue weighted by atomic mass is 10.1. The smallest absolute Gasteiger partial charge is 0.223 e. The first-order valence-electron chi connectivity index (χ1n) is 4.15. The van der Waals surface area contributed by atoms with Gasteiger partial charge in [0.15, 0.2) is 0 Å². The molecule has 1 rings (SSSR count). The minimum absolute atomic E-state index is 0.0148. The molecule has 0 atom stereocenters. The molecule has 1 aromatic heterocycles. The van der Waals surface area contributed by atoms with Gasteiger partial charge in [0.1, 0.15) is 0 Å². The molecule has 0 aliphatic carbocycles. The Morgan fingerprint density at radius 2 is 1.77 bits per heavy atom. The van der Waals surface area contributed by atoms with Crippen molar-refractivity contribution >= 4 is 17.7 Å². The summed E-state index contributed by atoms with van der Waals surface area (Å²) in [5, 5.41) is 3.20. The highest BCUT2D eigenvalue weighted by Gasteiger charge is 2.10. The number of rotatable bonds is 2. The molecular weight excluding hydrogens is 182 g/mol. The molecule has 3 nitrogen and oxygen atoms in total. The van der Waals surface area contributed by atoms with E-state index in [1.165, 1.54) is 0 Å². The van der Waals surface area contributed by atoms with Gasteiger partial charge in [-0.05, 0) is 27.0 Å². The molecule has 1 N–H and O–H groups in total. The van der Waals surface area contributed by atoms with Gasteiger partial charge in [-0.3, -0.25) is 0 Å². The van der Waals surface area contributed by atoms with Crippen LogP contribution in [0.2, 0.25) is 0 Å². The van der Waals surface area contributed by atoms with Crippen molar-refractivity contribution in [2.45, 2.75) is 31.2 Å². The molecule has 0 fully saturated rings. The van der Waals surface area contributed by atoms with Gasteiger partial charge in [-0.15, -0.1) is 11.8 Å². The van der Waals surface area contributed by atoms with Crippen molar-refractivity contribution in [3.05, 3.63) is 12.4 Å². The predicted octanol–water partition coefficient (Wildman–Crippen LogP) is 2.41. The highest BCUT2D eigenvalue weighted by atomic mass is 32.2. The van der Waals surface area contributed by atoms with Crippen LogP contribution in [-0.4, -0.2) is 21.8 Å². The van der Waals surface area contributed by atoms with Crippen molar-refractivity contribution < 1.29 is 0 Å². The van der Waals surface area contributed by atoms with Crippen molar-refractivity contribution in [2.75, 3.05) is 11.6 Å². The van der Waals surface area contributed by atoms with Crippen LogP contribution in [0.3, 0.4) is 0 Å². The van der Waals surface area contributed by atoms with Crippen molar-refractivity contribution in [1.82, 2.24) is 9.97 Å². The third kappa shape index (κ3) is 3.63. The maximum atomic E-state index is 4.19. The number of anilines is 1. The lowest BCUT2D eigenvalue weighted by molar-refractivity contribution is 0.625. The van der Waals surface area contributed by atoms with Crippen molar-refractivity contribution in [3.8, 4) is 0 Å². The van der Waals surface area contributed by atoms with Gasteiger partial charge in [0.2, 0.25) is 5.95 Å². The first kappa shape index (κ1) is 10.3. The van der Waals surface area contributed by atoms with Crippen LogP contribution in [-0.2, 0) is 0 Å². The summed E-state index contributed by atoms with van der Waals surface area (Å²) in [6.45, 7) is 6.25. The van der Waals surface area contributed by atoms with Gasteiger partial charge in [-0.1, -0.05) is 0 Å². The number of aromatic nitrogens is 2. The molecule has 1 aromatic rings. The molecule has 0 aromatic carbocycles. The Hall–Kier alpha value is -0.770. The minimum atomic E-state index is 0.0148. The highest BCUT2D eigenvalue weighted by molar-refractivity contribution is 7.98. The molecule has 0 radical (unpaired) electrons. The molecular formula is C9H15N3S. The number of nitrogens with zero attached hydrogens (tertiary/aromatic N) is 2. The molecule has 13 heavy (non-hydrogen) atoms. The average Bonchev–Trinajstić information content (AvgIpc) is 2.03. The summed E-state index contributed by atoms with van der Waals surface area (Å²) < 4.78 is 0. The van der Waals surface area contributed by atoms with E-state index >= 15 is 0 Å². The van der Waals surface area contributed by atoms with Gasteiger partial charge in [-0.2, -0.15) is 0 Å². The third-order valence-corrected chi connectivity index (χ3v) is 2.03. The Kier molecular flexibility index (Phi) is 3.14. The van der Waals surface area contributed by atoms with Crippen LogP contribution in [0.15, 0.2) is 17.3 Å². The number of nitrogens with one attached hydrogen (secondary N) is 1. The lowest BCUT2D eigenvalue weighted by Crippen LogP contribution is -2.27. The van der Waals surface area contributed by atoms with E-state index in [1.807, 2.05) is 18.6 Å². The normalized spacial score (nSPS) is 11.4.